The van der Waals surface area contributed by atoms with E-state index in [2.05, 4.69) is 10.1 Å². The third-order valence-corrected chi connectivity index (χ3v) is 3.17. The summed E-state index contributed by atoms with van der Waals surface area (Å²) in [6.07, 6.45) is 0.584. The first kappa shape index (κ1) is 14.0. The fourth-order valence-electron chi connectivity index (χ4n) is 1.67. The zero-order valence-electron chi connectivity index (χ0n) is 11.4. The fourth-order valence-corrected chi connectivity index (χ4v) is 1.88. The molecule has 5 heteroatoms. The SMILES string of the molecule is CC(C)(C)[C@@H](N)c1nc(Cc2cccc(Cl)c2)no1. The Balaban J connectivity index is 2.14. The molecule has 2 aromatic rings. The van der Waals surface area contributed by atoms with Gasteiger partial charge in [-0.05, 0) is 23.1 Å². The van der Waals surface area contributed by atoms with Crippen LogP contribution in [0.4, 0.5) is 0 Å². The van der Waals surface area contributed by atoms with Gasteiger partial charge in [-0.1, -0.05) is 49.7 Å². The molecule has 0 bridgehead atoms. The van der Waals surface area contributed by atoms with Crippen molar-refractivity contribution in [3.63, 3.8) is 0 Å². The quantitative estimate of drug-likeness (QED) is 0.936. The molecule has 19 heavy (non-hydrogen) atoms. The molecule has 1 heterocycles. The molecule has 2 rings (SSSR count). The van der Waals surface area contributed by atoms with Gasteiger partial charge in [-0.2, -0.15) is 4.98 Å². The summed E-state index contributed by atoms with van der Waals surface area (Å²) < 4.78 is 5.24. The van der Waals surface area contributed by atoms with Crippen LogP contribution in [0.5, 0.6) is 0 Å². The predicted octanol–water partition coefficient (Wildman–Crippen LogP) is 3.36. The third kappa shape index (κ3) is 3.55. The molecule has 102 valence electrons. The van der Waals surface area contributed by atoms with E-state index in [0.29, 0.717) is 23.2 Å². The second-order valence-electron chi connectivity index (χ2n) is 5.70. The molecule has 0 radical (unpaired) electrons. The summed E-state index contributed by atoms with van der Waals surface area (Å²) in [6, 6.07) is 7.34. The van der Waals surface area contributed by atoms with Crippen molar-refractivity contribution in [2.45, 2.75) is 33.2 Å². The van der Waals surface area contributed by atoms with E-state index in [0.717, 1.165) is 5.56 Å². The molecule has 0 aliphatic heterocycles. The zero-order chi connectivity index (χ0) is 14.0. The second kappa shape index (κ2) is 5.31. The maximum absolute atomic E-state index is 6.09. The molecular weight excluding hydrogens is 262 g/mol. The predicted molar refractivity (Wildman–Crippen MR) is 74.9 cm³/mol. The molecule has 0 amide bonds. The Kier molecular flexibility index (Phi) is 3.92. The van der Waals surface area contributed by atoms with Crippen LogP contribution in [0.3, 0.4) is 0 Å². The van der Waals surface area contributed by atoms with E-state index >= 15 is 0 Å². The molecule has 0 unspecified atom stereocenters. The van der Waals surface area contributed by atoms with E-state index in [1.165, 1.54) is 0 Å². The Morgan fingerprint density at radius 1 is 1.37 bits per heavy atom. The third-order valence-electron chi connectivity index (χ3n) is 2.93. The standard InChI is InChI=1S/C14H18ClN3O/c1-14(2,3)12(16)13-17-11(18-19-13)8-9-5-4-6-10(15)7-9/h4-7,12H,8,16H2,1-3H3/t12-/m0/s1. The largest absolute Gasteiger partial charge is 0.338 e. The van der Waals surface area contributed by atoms with Gasteiger partial charge in [-0.3, -0.25) is 0 Å². The van der Waals surface area contributed by atoms with Crippen LogP contribution in [0.15, 0.2) is 28.8 Å². The van der Waals surface area contributed by atoms with Gasteiger partial charge in [0.05, 0.1) is 6.04 Å². The van der Waals surface area contributed by atoms with Crippen LogP contribution in [0.2, 0.25) is 5.02 Å². The van der Waals surface area contributed by atoms with Gasteiger partial charge in [0.25, 0.3) is 0 Å². The first-order valence-electron chi connectivity index (χ1n) is 6.19. The summed E-state index contributed by atoms with van der Waals surface area (Å²) in [5, 5.41) is 4.67. The minimum atomic E-state index is -0.270. The number of hydrogen-bond acceptors (Lipinski definition) is 4. The molecule has 0 saturated heterocycles. The normalized spacial score (nSPS) is 13.5. The molecule has 0 fully saturated rings. The van der Waals surface area contributed by atoms with Crippen LogP contribution in [-0.4, -0.2) is 10.1 Å². The number of hydrogen-bond donors (Lipinski definition) is 1. The lowest BCUT2D eigenvalue weighted by atomic mass is 9.87. The van der Waals surface area contributed by atoms with Gasteiger partial charge in [0.2, 0.25) is 5.89 Å². The molecule has 2 N–H and O–H groups in total. The van der Waals surface area contributed by atoms with Crippen molar-refractivity contribution < 1.29 is 4.52 Å². The maximum atomic E-state index is 6.09. The summed E-state index contributed by atoms with van der Waals surface area (Å²) in [5.74, 6) is 1.10. The van der Waals surface area contributed by atoms with E-state index in [1.54, 1.807) is 0 Å². The van der Waals surface area contributed by atoms with E-state index in [1.807, 2.05) is 45.0 Å². The minimum Gasteiger partial charge on any atom is -0.338 e. The van der Waals surface area contributed by atoms with Crippen molar-refractivity contribution in [3.05, 3.63) is 46.6 Å². The molecule has 1 atom stereocenters. The highest BCUT2D eigenvalue weighted by atomic mass is 35.5. The van der Waals surface area contributed by atoms with Crippen LogP contribution in [0.1, 0.15) is 44.1 Å². The summed E-state index contributed by atoms with van der Waals surface area (Å²) in [5.41, 5.74) is 7.02. The monoisotopic (exact) mass is 279 g/mol. The summed E-state index contributed by atoms with van der Waals surface area (Å²) in [6.45, 7) is 6.12. The van der Waals surface area contributed by atoms with Crippen molar-refractivity contribution in [1.82, 2.24) is 10.1 Å². The molecule has 1 aromatic heterocycles. The number of halogens is 1. The van der Waals surface area contributed by atoms with Gasteiger partial charge in [0.15, 0.2) is 5.82 Å². The van der Waals surface area contributed by atoms with Gasteiger partial charge < -0.3 is 10.3 Å². The lowest BCUT2D eigenvalue weighted by Crippen LogP contribution is -2.26. The zero-order valence-corrected chi connectivity index (χ0v) is 12.1. The molecule has 4 nitrogen and oxygen atoms in total. The molecule has 0 saturated carbocycles. The van der Waals surface area contributed by atoms with E-state index in [4.69, 9.17) is 21.9 Å². The molecule has 0 aliphatic rings. The number of nitrogens with two attached hydrogens (primary N) is 1. The minimum absolute atomic E-state index is 0.111. The van der Waals surface area contributed by atoms with Crippen molar-refractivity contribution in [3.8, 4) is 0 Å². The molecule has 0 aliphatic carbocycles. The number of benzene rings is 1. The van der Waals surface area contributed by atoms with Gasteiger partial charge in [0, 0.05) is 11.4 Å². The Morgan fingerprint density at radius 2 is 2.11 bits per heavy atom. The Morgan fingerprint density at radius 3 is 2.74 bits per heavy atom. The van der Waals surface area contributed by atoms with Gasteiger partial charge >= 0.3 is 0 Å². The fraction of sp³-hybridized carbons (Fsp3) is 0.429. The topological polar surface area (TPSA) is 64.9 Å². The van der Waals surface area contributed by atoms with Crippen LogP contribution in [-0.2, 0) is 6.42 Å². The Bertz CT molecular complexity index is 560. The molecule has 0 spiro atoms. The Hall–Kier alpha value is -1.39. The number of nitrogens with zero attached hydrogens (tertiary/aromatic N) is 2. The van der Waals surface area contributed by atoms with E-state index in [-0.39, 0.29) is 11.5 Å². The molecule has 1 aromatic carbocycles. The summed E-state index contributed by atoms with van der Waals surface area (Å²) >= 11 is 5.94. The summed E-state index contributed by atoms with van der Waals surface area (Å²) in [4.78, 5) is 4.36. The van der Waals surface area contributed by atoms with Crippen molar-refractivity contribution in [2.24, 2.45) is 11.1 Å². The average molecular weight is 280 g/mol. The second-order valence-corrected chi connectivity index (χ2v) is 6.14. The highest BCUT2D eigenvalue weighted by molar-refractivity contribution is 6.30. The van der Waals surface area contributed by atoms with Crippen molar-refractivity contribution in [2.75, 3.05) is 0 Å². The smallest absolute Gasteiger partial charge is 0.244 e. The Labute approximate surface area is 118 Å². The summed E-state index contributed by atoms with van der Waals surface area (Å²) in [7, 11) is 0. The number of rotatable bonds is 3. The average Bonchev–Trinajstić information content (AvgIpc) is 2.75. The van der Waals surface area contributed by atoms with Gasteiger partial charge in [-0.25, -0.2) is 0 Å². The van der Waals surface area contributed by atoms with Gasteiger partial charge in [0.1, 0.15) is 0 Å². The lowest BCUT2D eigenvalue weighted by molar-refractivity contribution is 0.252. The number of aromatic nitrogens is 2. The van der Waals surface area contributed by atoms with Crippen LogP contribution in [0.25, 0.3) is 0 Å². The first-order chi connectivity index (χ1) is 8.86. The van der Waals surface area contributed by atoms with Gasteiger partial charge in [-0.15, -0.1) is 0 Å². The van der Waals surface area contributed by atoms with E-state index in [9.17, 15) is 0 Å². The van der Waals surface area contributed by atoms with Crippen molar-refractivity contribution in [1.29, 1.82) is 0 Å². The van der Waals surface area contributed by atoms with Crippen LogP contribution < -0.4 is 5.73 Å². The van der Waals surface area contributed by atoms with Crippen LogP contribution in [0, 0.1) is 5.41 Å². The highest BCUT2D eigenvalue weighted by Gasteiger charge is 2.27. The van der Waals surface area contributed by atoms with Crippen molar-refractivity contribution >= 4 is 11.6 Å². The van der Waals surface area contributed by atoms with E-state index < -0.39 is 0 Å². The first-order valence-corrected chi connectivity index (χ1v) is 6.56. The maximum Gasteiger partial charge on any atom is 0.244 e. The van der Waals surface area contributed by atoms with Crippen LogP contribution >= 0.6 is 11.6 Å². The molecular formula is C14H18ClN3O. The lowest BCUT2D eigenvalue weighted by Gasteiger charge is -2.23. The highest BCUT2D eigenvalue weighted by Crippen LogP contribution is 2.29.